The van der Waals surface area contributed by atoms with Crippen LogP contribution in [0.3, 0.4) is 0 Å². The lowest BCUT2D eigenvalue weighted by Gasteiger charge is -2.08. The number of nitrogens with zero attached hydrogens (tertiary/aromatic N) is 6. The third-order valence-electron chi connectivity index (χ3n) is 4.67. The molecule has 0 radical (unpaired) electrons. The highest BCUT2D eigenvalue weighted by Gasteiger charge is 2.12. The molecule has 1 aromatic carbocycles. The number of aryl methyl sites for hydroxylation is 3. The number of pyridine rings is 1. The molecule has 0 aliphatic heterocycles. The number of rotatable bonds is 3. The fraction of sp³-hybridized carbons (Fsp3) is 0.150. The first kappa shape index (κ1) is 17.1. The average molecular weight is 386 g/mol. The van der Waals surface area contributed by atoms with E-state index in [4.69, 9.17) is 0 Å². The average Bonchev–Trinajstić information content (AvgIpc) is 3.19. The number of aromatic amines is 1. The van der Waals surface area contributed by atoms with Crippen molar-refractivity contribution in [1.82, 2.24) is 34.5 Å². The van der Waals surface area contributed by atoms with Crippen molar-refractivity contribution < 1.29 is 0 Å². The molecule has 0 saturated carbocycles. The Morgan fingerprint density at radius 3 is 2.76 bits per heavy atom. The van der Waals surface area contributed by atoms with Crippen molar-refractivity contribution in [2.45, 2.75) is 13.8 Å². The van der Waals surface area contributed by atoms with E-state index in [1.807, 2.05) is 57.4 Å². The lowest BCUT2D eigenvalue weighted by atomic mass is 10.2. The summed E-state index contributed by atoms with van der Waals surface area (Å²) in [5.74, 6) is 1.92. The summed E-state index contributed by atoms with van der Waals surface area (Å²) in [6.45, 7) is 3.75. The molecule has 5 aromatic rings. The second-order valence-corrected chi connectivity index (χ2v) is 6.98. The number of nitrogens with one attached hydrogen (secondary N) is 2. The monoisotopic (exact) mass is 386 g/mol. The third kappa shape index (κ3) is 3.02. The van der Waals surface area contributed by atoms with E-state index in [-0.39, 0.29) is 5.56 Å². The Morgan fingerprint density at radius 1 is 1.07 bits per heavy atom. The standard InChI is InChI=1S/C20H18N8O/c1-11-6-19(23-12(2)22-11)24-18-8-17-15(9-21-18)20(29)26-28(17)14-5-4-13-10-27(3)25-16(13)7-14/h4-10H,1-3H3,(H,26,29)(H,21,22,23,24). The summed E-state index contributed by atoms with van der Waals surface area (Å²) in [5, 5.41) is 12.1. The Balaban J connectivity index is 1.62. The normalized spacial score (nSPS) is 11.4. The Hall–Kier alpha value is -4.01. The van der Waals surface area contributed by atoms with Gasteiger partial charge in [0.25, 0.3) is 5.56 Å². The van der Waals surface area contributed by atoms with Crippen molar-refractivity contribution in [1.29, 1.82) is 0 Å². The number of hydrogen-bond donors (Lipinski definition) is 2. The molecule has 0 spiro atoms. The highest BCUT2D eigenvalue weighted by molar-refractivity contribution is 5.84. The second-order valence-electron chi connectivity index (χ2n) is 6.98. The van der Waals surface area contributed by atoms with Gasteiger partial charge in [-0.2, -0.15) is 5.10 Å². The molecule has 9 heteroatoms. The Bertz CT molecular complexity index is 1420. The van der Waals surface area contributed by atoms with Crippen molar-refractivity contribution in [2.75, 3.05) is 5.32 Å². The zero-order chi connectivity index (χ0) is 20.1. The summed E-state index contributed by atoms with van der Waals surface area (Å²) in [4.78, 5) is 25.4. The van der Waals surface area contributed by atoms with Gasteiger partial charge in [0.1, 0.15) is 17.5 Å². The van der Waals surface area contributed by atoms with Crippen LogP contribution >= 0.6 is 0 Å². The Morgan fingerprint density at radius 2 is 1.93 bits per heavy atom. The van der Waals surface area contributed by atoms with Gasteiger partial charge in [0.15, 0.2) is 0 Å². The number of anilines is 2. The molecule has 0 atom stereocenters. The molecule has 2 N–H and O–H groups in total. The van der Waals surface area contributed by atoms with Crippen molar-refractivity contribution in [2.24, 2.45) is 7.05 Å². The molecule has 0 aliphatic rings. The quantitative estimate of drug-likeness (QED) is 0.494. The van der Waals surface area contributed by atoms with Crippen molar-refractivity contribution >= 4 is 33.4 Å². The molecule has 9 nitrogen and oxygen atoms in total. The van der Waals surface area contributed by atoms with Gasteiger partial charge in [-0.05, 0) is 32.0 Å². The first-order valence-electron chi connectivity index (χ1n) is 9.10. The minimum absolute atomic E-state index is 0.200. The summed E-state index contributed by atoms with van der Waals surface area (Å²) in [6.07, 6.45) is 3.51. The fourth-order valence-electron chi connectivity index (χ4n) is 3.48. The molecule has 0 saturated heterocycles. The van der Waals surface area contributed by atoms with Gasteiger partial charge in [0, 0.05) is 42.7 Å². The van der Waals surface area contributed by atoms with Crippen molar-refractivity contribution in [3.63, 3.8) is 0 Å². The minimum atomic E-state index is -0.200. The Kier molecular flexibility index (Phi) is 3.70. The van der Waals surface area contributed by atoms with Crippen LogP contribution in [0.15, 0.2) is 47.5 Å². The van der Waals surface area contributed by atoms with E-state index >= 15 is 0 Å². The summed E-state index contributed by atoms with van der Waals surface area (Å²) in [5.41, 5.74) is 3.05. The van der Waals surface area contributed by atoms with E-state index in [2.05, 4.69) is 30.5 Å². The molecule has 0 fully saturated rings. The van der Waals surface area contributed by atoms with Crippen LogP contribution in [0.25, 0.3) is 27.5 Å². The predicted molar refractivity (Wildman–Crippen MR) is 111 cm³/mol. The van der Waals surface area contributed by atoms with Gasteiger partial charge in [0.05, 0.1) is 22.1 Å². The minimum Gasteiger partial charge on any atom is -0.325 e. The summed E-state index contributed by atoms with van der Waals surface area (Å²) in [6, 6.07) is 9.54. The lowest BCUT2D eigenvalue weighted by molar-refractivity contribution is 0.779. The highest BCUT2D eigenvalue weighted by Crippen LogP contribution is 2.22. The van der Waals surface area contributed by atoms with Gasteiger partial charge in [-0.25, -0.2) is 15.0 Å². The number of H-pyrrole nitrogens is 1. The molecule has 4 heterocycles. The highest BCUT2D eigenvalue weighted by atomic mass is 16.1. The number of aromatic nitrogens is 7. The molecular weight excluding hydrogens is 368 g/mol. The zero-order valence-corrected chi connectivity index (χ0v) is 16.1. The summed E-state index contributed by atoms with van der Waals surface area (Å²) < 4.78 is 3.51. The molecular formula is C20H18N8O. The Labute approximate surface area is 165 Å². The van der Waals surface area contributed by atoms with Crippen LogP contribution in [0, 0.1) is 13.8 Å². The first-order valence-corrected chi connectivity index (χ1v) is 9.10. The molecule has 0 unspecified atom stereocenters. The van der Waals surface area contributed by atoms with Gasteiger partial charge >= 0.3 is 0 Å². The van der Waals surface area contributed by atoms with Gasteiger partial charge in [-0.1, -0.05) is 0 Å². The van der Waals surface area contributed by atoms with Crippen LogP contribution in [0.5, 0.6) is 0 Å². The van der Waals surface area contributed by atoms with Crippen LogP contribution in [0.4, 0.5) is 11.6 Å². The molecule has 0 aliphatic carbocycles. The molecule has 29 heavy (non-hydrogen) atoms. The van der Waals surface area contributed by atoms with E-state index < -0.39 is 0 Å². The van der Waals surface area contributed by atoms with Crippen molar-refractivity contribution in [3.8, 4) is 5.69 Å². The number of fused-ring (bicyclic) bond motifs is 2. The largest absolute Gasteiger partial charge is 0.325 e. The van der Waals surface area contributed by atoms with Crippen LogP contribution < -0.4 is 10.9 Å². The van der Waals surface area contributed by atoms with E-state index in [0.717, 1.165) is 22.3 Å². The molecule has 0 bridgehead atoms. The van der Waals surface area contributed by atoms with Crippen LogP contribution in [-0.4, -0.2) is 34.5 Å². The lowest BCUT2D eigenvalue weighted by Crippen LogP contribution is -2.03. The van der Waals surface area contributed by atoms with E-state index in [9.17, 15) is 4.79 Å². The summed E-state index contributed by atoms with van der Waals surface area (Å²) >= 11 is 0. The third-order valence-corrected chi connectivity index (χ3v) is 4.67. The molecule has 4 aromatic heterocycles. The maximum Gasteiger partial charge on any atom is 0.273 e. The first-order chi connectivity index (χ1) is 14.0. The fourth-order valence-corrected chi connectivity index (χ4v) is 3.48. The maximum atomic E-state index is 12.4. The van der Waals surface area contributed by atoms with Crippen LogP contribution in [0.2, 0.25) is 0 Å². The van der Waals surface area contributed by atoms with Crippen LogP contribution in [0.1, 0.15) is 11.5 Å². The van der Waals surface area contributed by atoms with Gasteiger partial charge in [-0.15, -0.1) is 0 Å². The van der Waals surface area contributed by atoms with E-state index in [1.165, 1.54) is 0 Å². The van der Waals surface area contributed by atoms with Gasteiger partial charge in [0.2, 0.25) is 0 Å². The predicted octanol–water partition coefficient (Wildman–Crippen LogP) is 2.75. The van der Waals surface area contributed by atoms with Gasteiger partial charge < -0.3 is 5.32 Å². The smallest absolute Gasteiger partial charge is 0.273 e. The molecule has 0 amide bonds. The topological polar surface area (TPSA) is 106 Å². The SMILES string of the molecule is Cc1cc(Nc2cc3c(cn2)c(=O)[nH]n3-c2ccc3cn(C)nc3c2)nc(C)n1. The number of benzene rings is 1. The second kappa shape index (κ2) is 6.26. The molecule has 144 valence electrons. The van der Waals surface area contributed by atoms with Crippen LogP contribution in [-0.2, 0) is 7.05 Å². The van der Waals surface area contributed by atoms with Crippen molar-refractivity contribution in [3.05, 3.63) is 64.6 Å². The van der Waals surface area contributed by atoms with E-state index in [1.54, 1.807) is 15.6 Å². The van der Waals surface area contributed by atoms with E-state index in [0.29, 0.717) is 28.4 Å². The number of hydrogen-bond acceptors (Lipinski definition) is 6. The van der Waals surface area contributed by atoms with Gasteiger partial charge in [-0.3, -0.25) is 19.3 Å². The summed E-state index contributed by atoms with van der Waals surface area (Å²) in [7, 11) is 1.88. The molecule has 5 rings (SSSR count). The maximum absolute atomic E-state index is 12.4. The zero-order valence-electron chi connectivity index (χ0n) is 16.1.